The summed E-state index contributed by atoms with van der Waals surface area (Å²) in [6.45, 7) is -0.0761. The second-order valence-corrected chi connectivity index (χ2v) is 4.71. The average molecular weight is 273 g/mol. The molecule has 0 radical (unpaired) electrons. The van der Waals surface area contributed by atoms with Crippen molar-refractivity contribution >= 4 is 11.9 Å². The quantitative estimate of drug-likeness (QED) is 0.870. The van der Waals surface area contributed by atoms with Crippen LogP contribution < -0.4 is 10.1 Å². The molecule has 2 N–H and O–H groups in total. The Morgan fingerprint density at radius 1 is 1.30 bits per heavy atom. The molecule has 104 valence electrons. The molecule has 0 bridgehead atoms. The summed E-state index contributed by atoms with van der Waals surface area (Å²) in [5, 5.41) is 15.3. The standard InChI is InChI=1S/C13H15N5O2/c19-12(14-13-15-17-18-16-13)8-20-11-6-5-9-3-1-2-4-10(9)7-11/h5-7H,1-4,8H2,(H2,14,15,16,17,18,19). The van der Waals surface area contributed by atoms with Crippen molar-refractivity contribution in [3.05, 3.63) is 29.3 Å². The van der Waals surface area contributed by atoms with Crippen LogP contribution in [0.1, 0.15) is 24.0 Å². The first-order chi connectivity index (χ1) is 9.81. The highest BCUT2D eigenvalue weighted by atomic mass is 16.5. The number of H-pyrrole nitrogens is 1. The molecule has 20 heavy (non-hydrogen) atoms. The third kappa shape index (κ3) is 2.93. The maximum Gasteiger partial charge on any atom is 0.269 e. The molecule has 0 aliphatic heterocycles. The number of carbonyl (C=O) groups excluding carboxylic acids is 1. The fourth-order valence-electron chi connectivity index (χ4n) is 2.32. The van der Waals surface area contributed by atoms with E-state index in [4.69, 9.17) is 4.74 Å². The summed E-state index contributed by atoms with van der Waals surface area (Å²) in [5.41, 5.74) is 2.71. The van der Waals surface area contributed by atoms with E-state index in [1.54, 1.807) is 0 Å². The zero-order valence-electron chi connectivity index (χ0n) is 10.9. The number of tetrazole rings is 1. The fraction of sp³-hybridized carbons (Fsp3) is 0.385. The van der Waals surface area contributed by atoms with E-state index in [9.17, 15) is 4.79 Å². The van der Waals surface area contributed by atoms with Gasteiger partial charge in [-0.25, -0.2) is 0 Å². The molecule has 1 heterocycles. The minimum Gasteiger partial charge on any atom is -0.484 e. The number of aromatic nitrogens is 4. The molecule has 0 unspecified atom stereocenters. The lowest BCUT2D eigenvalue weighted by Crippen LogP contribution is -2.21. The number of nitrogens with one attached hydrogen (secondary N) is 2. The summed E-state index contributed by atoms with van der Waals surface area (Å²) in [6, 6.07) is 6.02. The molecule has 1 amide bonds. The fourth-order valence-corrected chi connectivity index (χ4v) is 2.32. The Kier molecular flexibility index (Phi) is 3.58. The highest BCUT2D eigenvalue weighted by Crippen LogP contribution is 2.25. The van der Waals surface area contributed by atoms with Crippen molar-refractivity contribution in [3.8, 4) is 5.75 Å². The van der Waals surface area contributed by atoms with Crippen LogP contribution >= 0.6 is 0 Å². The molecular formula is C13H15N5O2. The molecule has 1 aliphatic carbocycles. The Labute approximate surface area is 115 Å². The van der Waals surface area contributed by atoms with Crippen LogP contribution in [0.15, 0.2) is 18.2 Å². The minimum absolute atomic E-state index is 0.0761. The SMILES string of the molecule is O=C(COc1ccc2c(c1)CCCC2)Nc1nn[nH]n1. The lowest BCUT2D eigenvalue weighted by Gasteiger charge is -2.16. The lowest BCUT2D eigenvalue weighted by molar-refractivity contribution is -0.118. The molecule has 1 aromatic carbocycles. The van der Waals surface area contributed by atoms with Crippen LogP contribution in [0.2, 0.25) is 0 Å². The van der Waals surface area contributed by atoms with Gasteiger partial charge in [0.2, 0.25) is 0 Å². The zero-order chi connectivity index (χ0) is 13.8. The van der Waals surface area contributed by atoms with Gasteiger partial charge in [0.05, 0.1) is 0 Å². The molecular weight excluding hydrogens is 258 g/mol. The number of hydrogen-bond acceptors (Lipinski definition) is 5. The number of nitrogens with zero attached hydrogens (tertiary/aromatic N) is 3. The number of benzene rings is 1. The Bertz CT molecular complexity index is 597. The van der Waals surface area contributed by atoms with Crippen molar-refractivity contribution in [2.75, 3.05) is 11.9 Å². The second kappa shape index (κ2) is 5.68. The maximum absolute atomic E-state index is 11.6. The van der Waals surface area contributed by atoms with Crippen molar-refractivity contribution in [2.24, 2.45) is 0 Å². The summed E-state index contributed by atoms with van der Waals surface area (Å²) in [6.07, 6.45) is 4.69. The van der Waals surface area contributed by atoms with Gasteiger partial charge in [0.15, 0.2) is 6.61 Å². The predicted molar refractivity (Wildman–Crippen MR) is 71.4 cm³/mol. The Balaban J connectivity index is 1.56. The molecule has 0 saturated heterocycles. The first-order valence-electron chi connectivity index (χ1n) is 6.59. The van der Waals surface area contributed by atoms with Gasteiger partial charge in [-0.1, -0.05) is 11.2 Å². The highest BCUT2D eigenvalue weighted by Gasteiger charge is 2.11. The molecule has 3 rings (SSSR count). The van der Waals surface area contributed by atoms with Gasteiger partial charge >= 0.3 is 0 Å². The molecule has 0 fully saturated rings. The van der Waals surface area contributed by atoms with Crippen molar-refractivity contribution in [1.82, 2.24) is 20.6 Å². The summed E-state index contributed by atoms with van der Waals surface area (Å²) in [7, 11) is 0. The Hall–Kier alpha value is -2.44. The Morgan fingerprint density at radius 2 is 2.15 bits per heavy atom. The van der Waals surface area contributed by atoms with Gasteiger partial charge in [0.1, 0.15) is 5.75 Å². The average Bonchev–Trinajstić information content (AvgIpc) is 2.98. The van der Waals surface area contributed by atoms with Gasteiger partial charge < -0.3 is 4.74 Å². The first kappa shape index (κ1) is 12.6. The topological polar surface area (TPSA) is 92.8 Å². The van der Waals surface area contributed by atoms with Gasteiger partial charge in [-0.05, 0) is 54.2 Å². The number of amides is 1. The molecule has 0 spiro atoms. The van der Waals surface area contributed by atoms with Crippen LogP contribution in [0.3, 0.4) is 0 Å². The van der Waals surface area contributed by atoms with E-state index in [1.165, 1.54) is 24.0 Å². The van der Waals surface area contributed by atoms with E-state index in [0.29, 0.717) is 5.75 Å². The number of hydrogen-bond donors (Lipinski definition) is 2. The number of aromatic amines is 1. The lowest BCUT2D eigenvalue weighted by atomic mass is 9.92. The molecule has 0 atom stereocenters. The van der Waals surface area contributed by atoms with Crippen molar-refractivity contribution < 1.29 is 9.53 Å². The van der Waals surface area contributed by atoms with E-state index < -0.39 is 0 Å². The number of rotatable bonds is 4. The second-order valence-electron chi connectivity index (χ2n) is 4.71. The van der Waals surface area contributed by atoms with Gasteiger partial charge in [-0.2, -0.15) is 5.21 Å². The monoisotopic (exact) mass is 273 g/mol. The van der Waals surface area contributed by atoms with Gasteiger partial charge in [-0.3, -0.25) is 10.1 Å². The molecule has 2 aromatic rings. The van der Waals surface area contributed by atoms with Gasteiger partial charge in [0.25, 0.3) is 11.9 Å². The van der Waals surface area contributed by atoms with Crippen molar-refractivity contribution in [3.63, 3.8) is 0 Å². The van der Waals surface area contributed by atoms with Crippen molar-refractivity contribution in [2.45, 2.75) is 25.7 Å². The normalized spacial score (nSPS) is 13.6. The largest absolute Gasteiger partial charge is 0.484 e. The number of fused-ring (bicyclic) bond motifs is 1. The number of anilines is 1. The third-order valence-corrected chi connectivity index (χ3v) is 3.29. The number of carbonyl (C=O) groups is 1. The van der Waals surface area contributed by atoms with E-state index in [2.05, 4.69) is 32.0 Å². The number of aryl methyl sites for hydroxylation is 2. The van der Waals surface area contributed by atoms with Crippen LogP contribution in [0, 0.1) is 0 Å². The predicted octanol–water partition coefficient (Wildman–Crippen LogP) is 1.10. The van der Waals surface area contributed by atoms with Crippen molar-refractivity contribution in [1.29, 1.82) is 0 Å². The Morgan fingerprint density at radius 3 is 2.95 bits per heavy atom. The van der Waals surface area contributed by atoms with Crippen LogP contribution in [0.5, 0.6) is 5.75 Å². The van der Waals surface area contributed by atoms with Crippen LogP contribution in [0.4, 0.5) is 5.95 Å². The minimum atomic E-state index is -0.316. The van der Waals surface area contributed by atoms with Gasteiger partial charge in [-0.15, -0.1) is 5.10 Å². The summed E-state index contributed by atoms with van der Waals surface area (Å²) in [4.78, 5) is 11.6. The van der Waals surface area contributed by atoms with Crippen LogP contribution in [0.25, 0.3) is 0 Å². The first-order valence-corrected chi connectivity index (χ1v) is 6.59. The molecule has 0 saturated carbocycles. The molecule has 1 aromatic heterocycles. The molecule has 1 aliphatic rings. The van der Waals surface area contributed by atoms with E-state index in [1.807, 2.05) is 12.1 Å². The van der Waals surface area contributed by atoms with Crippen LogP contribution in [-0.4, -0.2) is 33.1 Å². The summed E-state index contributed by atoms with van der Waals surface area (Å²) < 4.78 is 5.48. The zero-order valence-corrected chi connectivity index (χ0v) is 10.9. The van der Waals surface area contributed by atoms with E-state index in [0.717, 1.165) is 12.8 Å². The maximum atomic E-state index is 11.6. The van der Waals surface area contributed by atoms with Crippen LogP contribution in [-0.2, 0) is 17.6 Å². The van der Waals surface area contributed by atoms with E-state index in [-0.39, 0.29) is 18.5 Å². The summed E-state index contributed by atoms with van der Waals surface area (Å²) in [5.74, 6) is 0.544. The summed E-state index contributed by atoms with van der Waals surface area (Å²) >= 11 is 0. The molecule has 7 heteroatoms. The smallest absolute Gasteiger partial charge is 0.269 e. The highest BCUT2D eigenvalue weighted by molar-refractivity contribution is 5.90. The van der Waals surface area contributed by atoms with E-state index >= 15 is 0 Å². The third-order valence-electron chi connectivity index (χ3n) is 3.29. The molecule has 7 nitrogen and oxygen atoms in total. The van der Waals surface area contributed by atoms with Gasteiger partial charge in [0, 0.05) is 0 Å². The number of ether oxygens (including phenoxy) is 1.